The number of hydrogen-bond donors (Lipinski definition) is 6. The number of carbonyl (C=O) groups is 4. The molecular weight excluding hydrogens is 384 g/mol. The number of carbonyl (C=O) groups excluding carboxylic acids is 3. The van der Waals surface area contributed by atoms with Gasteiger partial charge >= 0.3 is 5.97 Å². The molecular formula is C18H34N4O5S. The van der Waals surface area contributed by atoms with Crippen LogP contribution in [-0.2, 0) is 19.2 Å². The monoisotopic (exact) mass is 418 g/mol. The van der Waals surface area contributed by atoms with Crippen molar-refractivity contribution in [2.45, 2.75) is 71.6 Å². The number of rotatable bonds is 12. The van der Waals surface area contributed by atoms with Gasteiger partial charge in [-0.3, -0.25) is 14.4 Å². The van der Waals surface area contributed by atoms with Crippen molar-refractivity contribution in [2.75, 3.05) is 5.75 Å². The van der Waals surface area contributed by atoms with Crippen LogP contribution in [-0.4, -0.2) is 58.7 Å². The Kier molecular flexibility index (Phi) is 11.8. The van der Waals surface area contributed by atoms with E-state index in [2.05, 4.69) is 28.6 Å². The molecule has 3 amide bonds. The first-order valence-corrected chi connectivity index (χ1v) is 10.1. The van der Waals surface area contributed by atoms with E-state index >= 15 is 0 Å². The van der Waals surface area contributed by atoms with Crippen LogP contribution in [0.15, 0.2) is 0 Å². The Balaban J connectivity index is 5.35. The molecule has 0 aliphatic carbocycles. The van der Waals surface area contributed by atoms with Crippen molar-refractivity contribution in [3.63, 3.8) is 0 Å². The van der Waals surface area contributed by atoms with Crippen molar-refractivity contribution in [1.82, 2.24) is 16.0 Å². The van der Waals surface area contributed by atoms with Crippen LogP contribution >= 0.6 is 12.6 Å². The second-order valence-electron chi connectivity index (χ2n) is 7.11. The molecule has 0 aliphatic rings. The fourth-order valence-corrected chi connectivity index (χ4v) is 2.64. The van der Waals surface area contributed by atoms with Crippen LogP contribution in [0.2, 0.25) is 0 Å². The summed E-state index contributed by atoms with van der Waals surface area (Å²) in [7, 11) is 0. The predicted molar refractivity (Wildman–Crippen MR) is 110 cm³/mol. The molecule has 0 saturated carbocycles. The van der Waals surface area contributed by atoms with Crippen molar-refractivity contribution in [3.05, 3.63) is 0 Å². The van der Waals surface area contributed by atoms with E-state index in [-0.39, 0.29) is 17.6 Å². The average molecular weight is 419 g/mol. The number of carboxylic acid groups (broad SMARTS) is 1. The Bertz CT molecular complexity index is 558. The van der Waals surface area contributed by atoms with Crippen molar-refractivity contribution in [3.8, 4) is 0 Å². The maximum atomic E-state index is 12.7. The molecule has 0 spiro atoms. The van der Waals surface area contributed by atoms with Gasteiger partial charge in [-0.05, 0) is 18.8 Å². The molecule has 0 saturated heterocycles. The van der Waals surface area contributed by atoms with Gasteiger partial charge in [0.25, 0.3) is 0 Å². The Morgan fingerprint density at radius 3 is 1.71 bits per heavy atom. The van der Waals surface area contributed by atoms with Crippen LogP contribution in [0.4, 0.5) is 0 Å². The second kappa shape index (κ2) is 12.6. The number of aliphatic carboxylic acids is 1. The van der Waals surface area contributed by atoms with Gasteiger partial charge in [0.2, 0.25) is 17.7 Å². The van der Waals surface area contributed by atoms with E-state index in [9.17, 15) is 24.3 Å². The van der Waals surface area contributed by atoms with Gasteiger partial charge in [0, 0.05) is 5.75 Å². The summed E-state index contributed by atoms with van der Waals surface area (Å²) in [5.74, 6) is -3.31. The topological polar surface area (TPSA) is 151 Å². The van der Waals surface area contributed by atoms with Crippen LogP contribution < -0.4 is 21.7 Å². The van der Waals surface area contributed by atoms with Gasteiger partial charge in [-0.15, -0.1) is 0 Å². The highest BCUT2D eigenvalue weighted by Crippen LogP contribution is 2.12. The van der Waals surface area contributed by atoms with E-state index < -0.39 is 47.9 Å². The highest BCUT2D eigenvalue weighted by Gasteiger charge is 2.33. The zero-order valence-corrected chi connectivity index (χ0v) is 18.1. The van der Waals surface area contributed by atoms with Gasteiger partial charge < -0.3 is 26.8 Å². The second-order valence-corrected chi connectivity index (χ2v) is 7.48. The summed E-state index contributed by atoms with van der Waals surface area (Å²) in [5, 5.41) is 17.0. The SMILES string of the molecule is CCC(C)C(NC(=O)C(NC(=O)C(CS)NC(=O)C(C)N)C(C)CC)C(=O)O. The summed E-state index contributed by atoms with van der Waals surface area (Å²) in [6.07, 6.45) is 1.15. The maximum absolute atomic E-state index is 12.7. The Labute approximate surface area is 172 Å². The molecule has 0 heterocycles. The molecule has 162 valence electrons. The van der Waals surface area contributed by atoms with Crippen molar-refractivity contribution < 1.29 is 24.3 Å². The van der Waals surface area contributed by atoms with Gasteiger partial charge in [-0.2, -0.15) is 12.6 Å². The number of amides is 3. The zero-order valence-electron chi connectivity index (χ0n) is 17.2. The third kappa shape index (κ3) is 8.05. The molecule has 0 aliphatic heterocycles. The number of nitrogens with two attached hydrogens (primary N) is 1. The number of carboxylic acids is 1. The molecule has 0 fully saturated rings. The summed E-state index contributed by atoms with van der Waals surface area (Å²) in [4.78, 5) is 48.6. The molecule has 0 radical (unpaired) electrons. The van der Waals surface area contributed by atoms with Crippen LogP contribution in [0, 0.1) is 11.8 Å². The maximum Gasteiger partial charge on any atom is 0.326 e. The minimum Gasteiger partial charge on any atom is -0.480 e. The lowest BCUT2D eigenvalue weighted by atomic mass is 9.95. The lowest BCUT2D eigenvalue weighted by Crippen LogP contribution is -2.59. The summed E-state index contributed by atoms with van der Waals surface area (Å²) in [6, 6.07) is -3.76. The molecule has 6 N–H and O–H groups in total. The van der Waals surface area contributed by atoms with Gasteiger partial charge in [-0.1, -0.05) is 40.5 Å². The minimum absolute atomic E-state index is 0.0176. The molecule has 0 aromatic carbocycles. The Morgan fingerprint density at radius 1 is 0.857 bits per heavy atom. The van der Waals surface area contributed by atoms with E-state index in [1.165, 1.54) is 6.92 Å². The van der Waals surface area contributed by atoms with Crippen LogP contribution in [0.3, 0.4) is 0 Å². The molecule has 0 aromatic heterocycles. The molecule has 6 unspecified atom stereocenters. The standard InChI is InChI=1S/C18H34N4O5S/c1-6-9(3)13(17(25)22-14(18(26)27)10(4)7-2)21-16(24)12(8-28)20-15(23)11(5)19/h9-14,28H,6-8,19H2,1-5H3,(H,20,23)(H,21,24)(H,22,25)(H,26,27). The summed E-state index contributed by atoms with van der Waals surface area (Å²) >= 11 is 4.07. The van der Waals surface area contributed by atoms with E-state index in [4.69, 9.17) is 5.73 Å². The van der Waals surface area contributed by atoms with Gasteiger partial charge in [0.05, 0.1) is 6.04 Å². The largest absolute Gasteiger partial charge is 0.480 e. The first-order chi connectivity index (χ1) is 13.0. The number of nitrogens with one attached hydrogen (secondary N) is 3. The smallest absolute Gasteiger partial charge is 0.326 e. The van der Waals surface area contributed by atoms with Gasteiger partial charge in [0.1, 0.15) is 18.1 Å². The summed E-state index contributed by atoms with van der Waals surface area (Å²) in [6.45, 7) is 8.68. The lowest BCUT2D eigenvalue weighted by Gasteiger charge is -2.28. The van der Waals surface area contributed by atoms with Gasteiger partial charge in [0.15, 0.2) is 0 Å². The molecule has 9 nitrogen and oxygen atoms in total. The third-order valence-electron chi connectivity index (χ3n) is 4.80. The summed E-state index contributed by atoms with van der Waals surface area (Å²) in [5.41, 5.74) is 5.49. The zero-order chi connectivity index (χ0) is 22.0. The van der Waals surface area contributed by atoms with Gasteiger partial charge in [-0.25, -0.2) is 4.79 Å². The quantitative estimate of drug-likeness (QED) is 0.244. The van der Waals surface area contributed by atoms with Crippen LogP contribution in [0.1, 0.15) is 47.5 Å². The normalized spacial score (nSPS) is 17.4. The lowest BCUT2D eigenvalue weighted by molar-refractivity contribution is -0.144. The van der Waals surface area contributed by atoms with E-state index in [1.54, 1.807) is 13.8 Å². The first kappa shape index (κ1) is 26.2. The van der Waals surface area contributed by atoms with Crippen LogP contribution in [0.25, 0.3) is 0 Å². The minimum atomic E-state index is -1.13. The molecule has 10 heteroatoms. The predicted octanol–water partition coefficient (Wildman–Crippen LogP) is -0.105. The molecule has 0 bridgehead atoms. The van der Waals surface area contributed by atoms with E-state index in [1.807, 2.05) is 13.8 Å². The van der Waals surface area contributed by atoms with Crippen molar-refractivity contribution in [1.29, 1.82) is 0 Å². The van der Waals surface area contributed by atoms with E-state index in [0.29, 0.717) is 12.8 Å². The highest BCUT2D eigenvalue weighted by molar-refractivity contribution is 7.80. The number of thiol groups is 1. The van der Waals surface area contributed by atoms with Crippen molar-refractivity contribution >= 4 is 36.3 Å². The van der Waals surface area contributed by atoms with Crippen LogP contribution in [0.5, 0.6) is 0 Å². The molecule has 6 atom stereocenters. The fourth-order valence-electron chi connectivity index (χ4n) is 2.38. The molecule has 28 heavy (non-hydrogen) atoms. The fraction of sp³-hybridized carbons (Fsp3) is 0.778. The first-order valence-electron chi connectivity index (χ1n) is 9.50. The highest BCUT2D eigenvalue weighted by atomic mass is 32.1. The Morgan fingerprint density at radius 2 is 1.32 bits per heavy atom. The number of hydrogen-bond acceptors (Lipinski definition) is 6. The average Bonchev–Trinajstić information content (AvgIpc) is 2.65. The van der Waals surface area contributed by atoms with Crippen molar-refractivity contribution in [2.24, 2.45) is 17.6 Å². The third-order valence-corrected chi connectivity index (χ3v) is 5.16. The van der Waals surface area contributed by atoms with E-state index in [0.717, 1.165) is 0 Å². The Hall–Kier alpha value is -1.81. The molecule has 0 aromatic rings. The molecule has 0 rings (SSSR count). The summed E-state index contributed by atoms with van der Waals surface area (Å²) < 4.78 is 0.